The molecule has 5 heteroatoms. The molecule has 19 heavy (non-hydrogen) atoms. The number of halogens is 2. The van der Waals surface area contributed by atoms with E-state index in [4.69, 9.17) is 0 Å². The monoisotopic (exact) mass is 263 g/mol. The highest BCUT2D eigenvalue weighted by Crippen LogP contribution is 2.39. The van der Waals surface area contributed by atoms with Crippen molar-refractivity contribution >= 4 is 0 Å². The van der Waals surface area contributed by atoms with E-state index < -0.39 is 12.3 Å². The summed E-state index contributed by atoms with van der Waals surface area (Å²) >= 11 is 0. The van der Waals surface area contributed by atoms with Crippen molar-refractivity contribution in [3.63, 3.8) is 0 Å². The van der Waals surface area contributed by atoms with Crippen molar-refractivity contribution in [2.24, 2.45) is 0 Å². The van der Waals surface area contributed by atoms with Crippen molar-refractivity contribution in [1.29, 1.82) is 0 Å². The van der Waals surface area contributed by atoms with Crippen LogP contribution >= 0.6 is 0 Å². The molecule has 0 amide bonds. The van der Waals surface area contributed by atoms with Gasteiger partial charge in [-0.3, -0.25) is 0 Å². The van der Waals surface area contributed by atoms with Crippen molar-refractivity contribution in [3.05, 3.63) is 47.5 Å². The standard InChI is InChI=1S/C14H15F2N3/c1-2-10(15)13-17-14-11(16)8-12(19(14)18-13)9-6-4-3-5-7-9/h3-7,10-12H,2,8H2,1H3. The van der Waals surface area contributed by atoms with Crippen LogP contribution < -0.4 is 0 Å². The van der Waals surface area contributed by atoms with Crippen LogP contribution in [-0.4, -0.2) is 14.8 Å². The van der Waals surface area contributed by atoms with Crippen LogP contribution in [0.1, 0.15) is 55.4 Å². The summed E-state index contributed by atoms with van der Waals surface area (Å²) in [6, 6.07) is 9.40. The number of alkyl halides is 2. The number of aromatic nitrogens is 3. The average molecular weight is 263 g/mol. The van der Waals surface area contributed by atoms with E-state index in [2.05, 4.69) is 10.1 Å². The molecule has 1 aromatic heterocycles. The summed E-state index contributed by atoms with van der Waals surface area (Å²) in [5.41, 5.74) is 0.979. The third kappa shape index (κ3) is 2.03. The molecule has 3 unspecified atom stereocenters. The van der Waals surface area contributed by atoms with Crippen LogP contribution in [0.15, 0.2) is 30.3 Å². The summed E-state index contributed by atoms with van der Waals surface area (Å²) in [5, 5.41) is 4.16. The Morgan fingerprint density at radius 1 is 1.37 bits per heavy atom. The maximum Gasteiger partial charge on any atom is 0.185 e. The molecule has 2 aromatic rings. The van der Waals surface area contributed by atoms with Gasteiger partial charge >= 0.3 is 0 Å². The Hall–Kier alpha value is -1.78. The maximum absolute atomic E-state index is 14.0. The molecular formula is C14H15F2N3. The Balaban J connectivity index is 1.99. The van der Waals surface area contributed by atoms with Gasteiger partial charge in [0.15, 0.2) is 24.0 Å². The number of rotatable bonds is 3. The summed E-state index contributed by atoms with van der Waals surface area (Å²) in [7, 11) is 0. The van der Waals surface area contributed by atoms with Gasteiger partial charge in [-0.25, -0.2) is 18.4 Å². The van der Waals surface area contributed by atoms with Crippen LogP contribution in [0.2, 0.25) is 0 Å². The molecule has 0 fully saturated rings. The van der Waals surface area contributed by atoms with Crippen molar-refractivity contribution in [2.75, 3.05) is 0 Å². The average Bonchev–Trinajstić information content (AvgIpc) is 3.00. The number of hydrogen-bond acceptors (Lipinski definition) is 2. The molecule has 0 bridgehead atoms. The van der Waals surface area contributed by atoms with E-state index in [-0.39, 0.29) is 17.7 Å². The van der Waals surface area contributed by atoms with Gasteiger partial charge in [-0.15, -0.1) is 0 Å². The highest BCUT2D eigenvalue weighted by atomic mass is 19.1. The zero-order chi connectivity index (χ0) is 13.4. The third-order valence-corrected chi connectivity index (χ3v) is 3.50. The fourth-order valence-corrected chi connectivity index (χ4v) is 2.46. The van der Waals surface area contributed by atoms with Crippen molar-refractivity contribution in [2.45, 2.75) is 38.2 Å². The minimum absolute atomic E-state index is 0.0979. The molecule has 1 aliphatic heterocycles. The fraction of sp³-hybridized carbons (Fsp3) is 0.429. The molecule has 1 aromatic carbocycles. The molecule has 3 atom stereocenters. The summed E-state index contributed by atoms with van der Waals surface area (Å²) in [6.07, 6.45) is -1.77. The van der Waals surface area contributed by atoms with Gasteiger partial charge in [0.2, 0.25) is 0 Å². The van der Waals surface area contributed by atoms with Crippen LogP contribution in [0.25, 0.3) is 0 Å². The lowest BCUT2D eigenvalue weighted by molar-refractivity contribution is 0.304. The predicted molar refractivity (Wildman–Crippen MR) is 67.2 cm³/mol. The number of nitrogens with zero attached hydrogens (tertiary/aromatic N) is 3. The van der Waals surface area contributed by atoms with Gasteiger partial charge in [0.25, 0.3) is 0 Å². The zero-order valence-corrected chi connectivity index (χ0v) is 10.6. The fourth-order valence-electron chi connectivity index (χ4n) is 2.46. The first-order valence-corrected chi connectivity index (χ1v) is 6.50. The molecule has 3 rings (SSSR count). The predicted octanol–water partition coefficient (Wildman–Crippen LogP) is 3.70. The topological polar surface area (TPSA) is 30.7 Å². The lowest BCUT2D eigenvalue weighted by Gasteiger charge is -2.11. The Morgan fingerprint density at radius 2 is 2.11 bits per heavy atom. The minimum Gasteiger partial charge on any atom is -0.239 e. The first-order valence-electron chi connectivity index (χ1n) is 6.50. The second kappa shape index (κ2) is 4.72. The van der Waals surface area contributed by atoms with E-state index >= 15 is 0 Å². The molecule has 100 valence electrons. The van der Waals surface area contributed by atoms with Crippen molar-refractivity contribution in [1.82, 2.24) is 14.8 Å². The van der Waals surface area contributed by atoms with Gasteiger partial charge in [0.1, 0.15) is 0 Å². The smallest absolute Gasteiger partial charge is 0.185 e. The van der Waals surface area contributed by atoms with E-state index in [9.17, 15) is 8.78 Å². The summed E-state index contributed by atoms with van der Waals surface area (Å²) < 4.78 is 29.1. The number of hydrogen-bond donors (Lipinski definition) is 0. The minimum atomic E-state index is -1.22. The quantitative estimate of drug-likeness (QED) is 0.845. The van der Waals surface area contributed by atoms with E-state index in [0.717, 1.165) is 5.56 Å². The summed E-state index contributed by atoms with van der Waals surface area (Å²) in [6.45, 7) is 1.72. The van der Waals surface area contributed by atoms with Gasteiger partial charge in [-0.1, -0.05) is 37.3 Å². The number of fused-ring (bicyclic) bond motifs is 1. The van der Waals surface area contributed by atoms with E-state index in [1.54, 1.807) is 6.92 Å². The molecule has 0 N–H and O–H groups in total. The second-order valence-corrected chi connectivity index (χ2v) is 4.78. The molecule has 0 saturated carbocycles. The molecule has 0 spiro atoms. The Bertz CT molecular complexity index is 567. The highest BCUT2D eigenvalue weighted by Gasteiger charge is 2.36. The highest BCUT2D eigenvalue weighted by molar-refractivity contribution is 5.23. The van der Waals surface area contributed by atoms with Crippen LogP contribution in [0.3, 0.4) is 0 Å². The lowest BCUT2D eigenvalue weighted by atomic mass is 10.0. The second-order valence-electron chi connectivity index (χ2n) is 4.78. The first kappa shape index (κ1) is 12.3. The normalized spacial score (nSPS) is 23.3. The molecule has 0 saturated heterocycles. The number of benzene rings is 1. The van der Waals surface area contributed by atoms with Crippen LogP contribution in [-0.2, 0) is 0 Å². The van der Waals surface area contributed by atoms with Crippen LogP contribution in [0.4, 0.5) is 8.78 Å². The Kier molecular flexibility index (Phi) is 3.05. The van der Waals surface area contributed by atoms with E-state index in [0.29, 0.717) is 12.8 Å². The molecule has 0 radical (unpaired) electrons. The van der Waals surface area contributed by atoms with Crippen LogP contribution in [0.5, 0.6) is 0 Å². The summed E-state index contributed by atoms with van der Waals surface area (Å²) in [5.74, 6) is 0.348. The van der Waals surface area contributed by atoms with Gasteiger partial charge in [-0.05, 0) is 12.0 Å². The van der Waals surface area contributed by atoms with Crippen LogP contribution in [0, 0.1) is 0 Å². The third-order valence-electron chi connectivity index (χ3n) is 3.50. The largest absolute Gasteiger partial charge is 0.239 e. The Morgan fingerprint density at radius 3 is 2.79 bits per heavy atom. The zero-order valence-electron chi connectivity index (χ0n) is 10.6. The van der Waals surface area contributed by atoms with Gasteiger partial charge in [-0.2, -0.15) is 5.10 Å². The maximum atomic E-state index is 14.0. The van der Waals surface area contributed by atoms with Gasteiger partial charge in [0.05, 0.1) is 6.04 Å². The molecule has 0 aliphatic carbocycles. The molecule has 2 heterocycles. The molecular weight excluding hydrogens is 248 g/mol. The molecule has 1 aliphatic rings. The molecule has 3 nitrogen and oxygen atoms in total. The first-order chi connectivity index (χ1) is 9.20. The van der Waals surface area contributed by atoms with E-state index in [1.807, 2.05) is 30.3 Å². The van der Waals surface area contributed by atoms with Gasteiger partial charge < -0.3 is 0 Å². The van der Waals surface area contributed by atoms with Gasteiger partial charge in [0, 0.05) is 6.42 Å². The van der Waals surface area contributed by atoms with Crippen molar-refractivity contribution < 1.29 is 8.78 Å². The Labute approximate surface area is 110 Å². The lowest BCUT2D eigenvalue weighted by Crippen LogP contribution is -2.08. The van der Waals surface area contributed by atoms with E-state index in [1.165, 1.54) is 4.68 Å². The SMILES string of the molecule is CCC(F)c1nc2n(n1)C(c1ccccc1)CC2F. The summed E-state index contributed by atoms with van der Waals surface area (Å²) in [4.78, 5) is 4.02. The van der Waals surface area contributed by atoms with Crippen molar-refractivity contribution in [3.8, 4) is 0 Å².